The normalized spacial score (nSPS) is 12.6. The van der Waals surface area contributed by atoms with Crippen LogP contribution in [-0.4, -0.2) is 29.8 Å². The highest BCUT2D eigenvalue weighted by atomic mass is 16.7. The van der Waals surface area contributed by atoms with E-state index in [1.165, 1.54) is 0 Å². The zero-order valence-electron chi connectivity index (χ0n) is 12.6. The summed E-state index contributed by atoms with van der Waals surface area (Å²) in [7, 11) is 0. The van der Waals surface area contributed by atoms with E-state index < -0.39 is 29.2 Å². The molecule has 1 atom stereocenters. The van der Waals surface area contributed by atoms with Gasteiger partial charge in [0, 0.05) is 6.42 Å². The van der Waals surface area contributed by atoms with Crippen molar-refractivity contribution < 1.29 is 29.0 Å². The van der Waals surface area contributed by atoms with Gasteiger partial charge in [0.05, 0.1) is 11.3 Å². The molecule has 0 heterocycles. The van der Waals surface area contributed by atoms with E-state index in [0.29, 0.717) is 19.3 Å². The molecule has 116 valence electrons. The lowest BCUT2D eigenvalue weighted by Crippen LogP contribution is -2.24. The monoisotopic (exact) mass is 288 g/mol. The number of carboxylic acid groups (broad SMARTS) is 1. The van der Waals surface area contributed by atoms with E-state index in [9.17, 15) is 14.4 Å². The summed E-state index contributed by atoms with van der Waals surface area (Å²) in [6, 6.07) is 0. The predicted octanol–water partition coefficient (Wildman–Crippen LogP) is 2.36. The Morgan fingerprint density at radius 3 is 2.20 bits per heavy atom. The van der Waals surface area contributed by atoms with Crippen LogP contribution in [0.2, 0.25) is 0 Å². The highest BCUT2D eigenvalue weighted by molar-refractivity contribution is 5.75. The Bertz CT molecular complexity index is 342. The minimum atomic E-state index is -0.832. The van der Waals surface area contributed by atoms with Crippen LogP contribution in [0.15, 0.2) is 0 Å². The number of hydrogen-bond acceptors (Lipinski definition) is 5. The maximum Gasteiger partial charge on any atom is 0.314 e. The molecule has 0 rings (SSSR count). The third-order valence-corrected chi connectivity index (χ3v) is 2.71. The van der Waals surface area contributed by atoms with E-state index in [4.69, 9.17) is 14.6 Å². The summed E-state index contributed by atoms with van der Waals surface area (Å²) >= 11 is 0. The van der Waals surface area contributed by atoms with Gasteiger partial charge >= 0.3 is 17.9 Å². The number of carbonyl (C=O) groups is 3. The minimum absolute atomic E-state index is 0.194. The molecule has 0 saturated heterocycles. The summed E-state index contributed by atoms with van der Waals surface area (Å²) in [5.41, 5.74) is -0.626. The number of ether oxygens (including phenoxy) is 2. The predicted molar refractivity (Wildman–Crippen MR) is 71.8 cm³/mol. The molecule has 0 aliphatic carbocycles. The van der Waals surface area contributed by atoms with Crippen LogP contribution in [0.3, 0.4) is 0 Å². The van der Waals surface area contributed by atoms with Gasteiger partial charge in [0.15, 0.2) is 0 Å². The standard InChI is InChI=1S/C14H24O6/c1-10(12(16)17)7-5-6-8-11(15)19-9-20-13(18)14(2,3)4/h10H,5-9H2,1-4H3,(H,16,17). The molecule has 0 aromatic heterocycles. The van der Waals surface area contributed by atoms with E-state index in [2.05, 4.69) is 0 Å². The summed E-state index contributed by atoms with van der Waals surface area (Å²) < 4.78 is 9.56. The molecular formula is C14H24O6. The maximum absolute atomic E-state index is 11.4. The second-order valence-corrected chi connectivity index (χ2v) is 5.80. The van der Waals surface area contributed by atoms with Gasteiger partial charge in [0.25, 0.3) is 0 Å². The van der Waals surface area contributed by atoms with Crippen LogP contribution < -0.4 is 0 Å². The molecule has 0 radical (unpaired) electrons. The topological polar surface area (TPSA) is 89.9 Å². The molecule has 1 unspecified atom stereocenters. The van der Waals surface area contributed by atoms with Gasteiger partial charge in [0.1, 0.15) is 0 Å². The second kappa shape index (κ2) is 8.55. The van der Waals surface area contributed by atoms with Crippen molar-refractivity contribution in [1.29, 1.82) is 0 Å². The van der Waals surface area contributed by atoms with E-state index in [1.54, 1.807) is 27.7 Å². The summed E-state index contributed by atoms with van der Waals surface area (Å²) in [4.78, 5) is 33.3. The average molecular weight is 288 g/mol. The second-order valence-electron chi connectivity index (χ2n) is 5.80. The van der Waals surface area contributed by atoms with Gasteiger partial charge in [0.2, 0.25) is 6.79 Å². The van der Waals surface area contributed by atoms with Crippen molar-refractivity contribution in [2.24, 2.45) is 11.3 Å². The van der Waals surface area contributed by atoms with E-state index in [1.807, 2.05) is 0 Å². The first kappa shape index (κ1) is 18.4. The Morgan fingerprint density at radius 2 is 1.70 bits per heavy atom. The van der Waals surface area contributed by atoms with Gasteiger partial charge < -0.3 is 14.6 Å². The summed E-state index contributed by atoms with van der Waals surface area (Å²) in [6.07, 6.45) is 1.93. The van der Waals surface area contributed by atoms with Crippen LogP contribution in [0.5, 0.6) is 0 Å². The Hall–Kier alpha value is -1.59. The lowest BCUT2D eigenvalue weighted by Gasteiger charge is -2.16. The molecule has 1 N–H and O–H groups in total. The first-order valence-electron chi connectivity index (χ1n) is 6.70. The zero-order chi connectivity index (χ0) is 15.8. The van der Waals surface area contributed by atoms with Gasteiger partial charge in [-0.3, -0.25) is 14.4 Å². The van der Waals surface area contributed by atoms with Gasteiger partial charge in [-0.2, -0.15) is 0 Å². The minimum Gasteiger partial charge on any atom is -0.481 e. The number of aliphatic carboxylic acids is 1. The summed E-state index contributed by atoms with van der Waals surface area (Å²) in [5, 5.41) is 8.68. The van der Waals surface area contributed by atoms with Gasteiger partial charge in [-0.1, -0.05) is 13.3 Å². The van der Waals surface area contributed by atoms with E-state index in [0.717, 1.165) is 0 Å². The molecule has 0 spiro atoms. The average Bonchev–Trinajstić information content (AvgIpc) is 2.32. The first-order valence-corrected chi connectivity index (χ1v) is 6.70. The van der Waals surface area contributed by atoms with Crippen molar-refractivity contribution in [3.05, 3.63) is 0 Å². The zero-order valence-corrected chi connectivity index (χ0v) is 12.6. The maximum atomic E-state index is 11.4. The smallest absolute Gasteiger partial charge is 0.314 e. The first-order chi connectivity index (χ1) is 9.14. The molecule has 0 aliphatic heterocycles. The number of unbranched alkanes of at least 4 members (excludes halogenated alkanes) is 1. The largest absolute Gasteiger partial charge is 0.481 e. The lowest BCUT2D eigenvalue weighted by molar-refractivity contribution is -0.173. The molecule has 0 aliphatic rings. The quantitative estimate of drug-likeness (QED) is 0.419. The van der Waals surface area contributed by atoms with Crippen LogP contribution in [-0.2, 0) is 23.9 Å². The summed E-state index contributed by atoms with van der Waals surface area (Å²) in [6.45, 7) is 6.38. The van der Waals surface area contributed by atoms with Crippen molar-refractivity contribution in [2.45, 2.75) is 53.4 Å². The van der Waals surface area contributed by atoms with Gasteiger partial charge in [-0.15, -0.1) is 0 Å². The molecule has 0 aromatic carbocycles. The van der Waals surface area contributed by atoms with E-state index in [-0.39, 0.29) is 13.2 Å². The molecule has 6 nitrogen and oxygen atoms in total. The molecule has 0 fully saturated rings. The number of esters is 2. The summed E-state index contributed by atoms with van der Waals surface area (Å²) in [5.74, 6) is -2.12. The molecule has 0 bridgehead atoms. The lowest BCUT2D eigenvalue weighted by atomic mass is 9.98. The van der Waals surface area contributed by atoms with Crippen molar-refractivity contribution in [1.82, 2.24) is 0 Å². The van der Waals surface area contributed by atoms with Gasteiger partial charge in [-0.25, -0.2) is 0 Å². The van der Waals surface area contributed by atoms with Crippen LogP contribution in [0.4, 0.5) is 0 Å². The highest BCUT2D eigenvalue weighted by Crippen LogP contribution is 2.15. The fraction of sp³-hybridized carbons (Fsp3) is 0.786. The fourth-order valence-corrected chi connectivity index (χ4v) is 1.28. The number of hydrogen-bond donors (Lipinski definition) is 1. The molecule has 0 amide bonds. The number of carbonyl (C=O) groups excluding carboxylic acids is 2. The molecule has 0 aromatic rings. The van der Waals surface area contributed by atoms with Crippen molar-refractivity contribution in [3.63, 3.8) is 0 Å². The fourth-order valence-electron chi connectivity index (χ4n) is 1.28. The van der Waals surface area contributed by atoms with Crippen molar-refractivity contribution in [3.8, 4) is 0 Å². The molecule has 20 heavy (non-hydrogen) atoms. The Balaban J connectivity index is 3.66. The van der Waals surface area contributed by atoms with Gasteiger partial charge in [-0.05, 0) is 33.6 Å². The SMILES string of the molecule is CC(CCCCC(=O)OCOC(=O)C(C)(C)C)C(=O)O. The van der Waals surface area contributed by atoms with Crippen molar-refractivity contribution in [2.75, 3.05) is 6.79 Å². The van der Waals surface area contributed by atoms with Crippen LogP contribution >= 0.6 is 0 Å². The van der Waals surface area contributed by atoms with E-state index >= 15 is 0 Å². The molecule has 6 heteroatoms. The third-order valence-electron chi connectivity index (χ3n) is 2.71. The highest BCUT2D eigenvalue weighted by Gasteiger charge is 2.23. The number of rotatable bonds is 8. The Morgan fingerprint density at radius 1 is 1.10 bits per heavy atom. The molecule has 0 saturated carbocycles. The Kier molecular flexibility index (Phi) is 7.87. The molecular weight excluding hydrogens is 264 g/mol. The van der Waals surface area contributed by atoms with Crippen LogP contribution in [0, 0.1) is 11.3 Å². The third kappa shape index (κ3) is 8.50. The number of carboxylic acids is 1. The van der Waals surface area contributed by atoms with Crippen LogP contribution in [0.25, 0.3) is 0 Å². The van der Waals surface area contributed by atoms with Crippen LogP contribution in [0.1, 0.15) is 53.4 Å². The Labute approximate surface area is 119 Å². The van der Waals surface area contributed by atoms with Crippen molar-refractivity contribution >= 4 is 17.9 Å².